The van der Waals surface area contributed by atoms with Crippen molar-refractivity contribution in [2.45, 2.75) is 6.42 Å². The zero-order valence-electron chi connectivity index (χ0n) is 8.04. The maximum Gasteiger partial charge on any atom is 0.284 e. The predicted molar refractivity (Wildman–Crippen MR) is 57.6 cm³/mol. The van der Waals surface area contributed by atoms with Crippen molar-refractivity contribution in [3.63, 3.8) is 0 Å². The van der Waals surface area contributed by atoms with Gasteiger partial charge in [-0.15, -0.1) is 5.10 Å². The molecule has 7 heteroatoms. The van der Waals surface area contributed by atoms with Gasteiger partial charge in [0.15, 0.2) is 0 Å². The molecule has 0 aliphatic heterocycles. The Balaban J connectivity index is 2.25. The number of hydrogen-bond acceptors (Lipinski definition) is 5. The molecule has 0 saturated heterocycles. The smallest absolute Gasteiger partial charge is 0.284 e. The number of non-ortho nitro benzene ring substituents is 1. The summed E-state index contributed by atoms with van der Waals surface area (Å²) in [5.74, 6) is 0.408. The van der Waals surface area contributed by atoms with Crippen molar-refractivity contribution in [1.29, 1.82) is 0 Å². The van der Waals surface area contributed by atoms with E-state index in [1.54, 1.807) is 12.1 Å². The van der Waals surface area contributed by atoms with E-state index in [4.69, 9.17) is 16.6 Å². The molecule has 1 aromatic heterocycles. The second-order valence-corrected chi connectivity index (χ2v) is 3.48. The predicted octanol–water partition coefficient (Wildman–Crippen LogP) is 2.23. The second kappa shape index (κ2) is 4.23. The fraction of sp³-hybridized carbons (Fsp3) is 0.111. The summed E-state index contributed by atoms with van der Waals surface area (Å²) in [6, 6.07) is 6.30. The van der Waals surface area contributed by atoms with Crippen molar-refractivity contribution in [2.24, 2.45) is 0 Å². The highest BCUT2D eigenvalue weighted by atomic mass is 32.1. The molecule has 0 spiro atoms. The van der Waals surface area contributed by atoms with Crippen LogP contribution in [0.15, 0.2) is 28.7 Å². The van der Waals surface area contributed by atoms with E-state index in [9.17, 15) is 10.1 Å². The molecule has 0 unspecified atom stereocenters. The van der Waals surface area contributed by atoms with Crippen molar-refractivity contribution >= 4 is 17.9 Å². The van der Waals surface area contributed by atoms with E-state index < -0.39 is 4.92 Å². The molecule has 1 aromatic carbocycles. The molecule has 0 fully saturated rings. The fourth-order valence-electron chi connectivity index (χ4n) is 1.29. The van der Waals surface area contributed by atoms with Gasteiger partial charge < -0.3 is 4.42 Å². The van der Waals surface area contributed by atoms with Gasteiger partial charge in [-0.3, -0.25) is 10.1 Å². The molecule has 0 saturated carbocycles. The summed E-state index contributed by atoms with van der Waals surface area (Å²) in [6.07, 6.45) is 0.370. The van der Waals surface area contributed by atoms with Gasteiger partial charge in [0, 0.05) is 12.1 Å². The Morgan fingerprint density at radius 2 is 2.38 bits per heavy atom. The first-order chi connectivity index (χ1) is 7.65. The zero-order chi connectivity index (χ0) is 11.5. The maximum atomic E-state index is 10.6. The standard InChI is InChI=1S/C9H7N3O3S/c13-12(14)7-3-1-2-6(4-7)5-8-10-11-9(16)15-8/h1-4H,5H2,(H,11,16). The number of nitrogens with one attached hydrogen (secondary N) is 1. The van der Waals surface area contributed by atoms with Crippen LogP contribution in [-0.2, 0) is 6.42 Å². The SMILES string of the molecule is O=[N+]([O-])c1cccc(Cc2n[nH]c(=S)o2)c1. The third-order valence-corrected chi connectivity index (χ3v) is 2.13. The Labute approximate surface area is 95.1 Å². The molecule has 16 heavy (non-hydrogen) atoms. The van der Waals surface area contributed by atoms with Gasteiger partial charge in [-0.25, -0.2) is 5.10 Å². The van der Waals surface area contributed by atoms with Crippen LogP contribution in [0.25, 0.3) is 0 Å². The average Bonchev–Trinajstić information content (AvgIpc) is 2.64. The molecule has 82 valence electrons. The van der Waals surface area contributed by atoms with E-state index >= 15 is 0 Å². The van der Waals surface area contributed by atoms with Crippen molar-refractivity contribution in [3.8, 4) is 0 Å². The van der Waals surface area contributed by atoms with Crippen LogP contribution in [0.1, 0.15) is 11.5 Å². The molecule has 6 nitrogen and oxygen atoms in total. The third-order valence-electron chi connectivity index (χ3n) is 1.96. The topological polar surface area (TPSA) is 85.0 Å². The van der Waals surface area contributed by atoms with Crippen LogP contribution < -0.4 is 0 Å². The minimum Gasteiger partial charge on any atom is -0.414 e. The monoisotopic (exact) mass is 237 g/mol. The van der Waals surface area contributed by atoms with E-state index in [0.717, 1.165) is 5.56 Å². The van der Waals surface area contributed by atoms with E-state index in [2.05, 4.69) is 10.2 Å². The minimum atomic E-state index is -0.441. The van der Waals surface area contributed by atoms with Crippen LogP contribution >= 0.6 is 12.2 Å². The normalized spacial score (nSPS) is 10.2. The molecule has 1 heterocycles. The van der Waals surface area contributed by atoms with E-state index in [1.165, 1.54) is 12.1 Å². The van der Waals surface area contributed by atoms with E-state index in [1.807, 2.05) is 0 Å². The van der Waals surface area contributed by atoms with Gasteiger partial charge in [0.1, 0.15) is 0 Å². The van der Waals surface area contributed by atoms with Crippen molar-refractivity contribution < 1.29 is 9.34 Å². The quantitative estimate of drug-likeness (QED) is 0.502. The van der Waals surface area contributed by atoms with Crippen LogP contribution in [0, 0.1) is 15.0 Å². The summed E-state index contributed by atoms with van der Waals surface area (Å²) >= 11 is 4.72. The molecule has 0 atom stereocenters. The average molecular weight is 237 g/mol. The number of benzene rings is 1. The number of nitro groups is 1. The number of aromatic nitrogens is 2. The lowest BCUT2D eigenvalue weighted by molar-refractivity contribution is -0.384. The third kappa shape index (κ3) is 2.31. The lowest BCUT2D eigenvalue weighted by Crippen LogP contribution is -1.92. The Hall–Kier alpha value is -2.02. The number of nitro benzene ring substituents is 1. The molecule has 2 aromatic rings. The zero-order valence-corrected chi connectivity index (χ0v) is 8.86. The highest BCUT2D eigenvalue weighted by Crippen LogP contribution is 2.15. The van der Waals surface area contributed by atoms with Gasteiger partial charge >= 0.3 is 0 Å². The van der Waals surface area contributed by atoms with Crippen molar-refractivity contribution in [2.75, 3.05) is 0 Å². The fourth-order valence-corrected chi connectivity index (χ4v) is 1.43. The number of nitrogens with zero attached hydrogens (tertiary/aromatic N) is 2. The van der Waals surface area contributed by atoms with Gasteiger partial charge in [-0.05, 0) is 17.8 Å². The summed E-state index contributed by atoms with van der Waals surface area (Å²) < 4.78 is 5.07. The molecule has 0 bridgehead atoms. The van der Waals surface area contributed by atoms with Gasteiger partial charge in [0.05, 0.1) is 11.3 Å². The number of aromatic amines is 1. The molecule has 0 amide bonds. The molecule has 2 rings (SSSR count). The summed E-state index contributed by atoms with van der Waals surface area (Å²) in [5, 5.41) is 16.9. The number of hydrogen-bond donors (Lipinski definition) is 1. The maximum absolute atomic E-state index is 10.6. The van der Waals surface area contributed by atoms with Crippen LogP contribution in [0.3, 0.4) is 0 Å². The van der Waals surface area contributed by atoms with Gasteiger partial charge in [0.25, 0.3) is 10.5 Å². The summed E-state index contributed by atoms with van der Waals surface area (Å²) in [7, 11) is 0. The van der Waals surface area contributed by atoms with E-state index in [-0.39, 0.29) is 10.5 Å². The highest BCUT2D eigenvalue weighted by Gasteiger charge is 2.08. The Morgan fingerprint density at radius 1 is 1.56 bits per heavy atom. The van der Waals surface area contributed by atoms with Crippen LogP contribution in [-0.4, -0.2) is 15.1 Å². The summed E-state index contributed by atoms with van der Waals surface area (Å²) in [6.45, 7) is 0. The highest BCUT2D eigenvalue weighted by molar-refractivity contribution is 7.71. The molecular formula is C9H7N3O3S. The lowest BCUT2D eigenvalue weighted by atomic mass is 10.1. The molecule has 0 aliphatic rings. The largest absolute Gasteiger partial charge is 0.414 e. The van der Waals surface area contributed by atoms with E-state index in [0.29, 0.717) is 12.3 Å². The van der Waals surface area contributed by atoms with Gasteiger partial charge in [0.2, 0.25) is 5.89 Å². The van der Waals surface area contributed by atoms with Crippen LogP contribution in [0.2, 0.25) is 0 Å². The lowest BCUT2D eigenvalue weighted by Gasteiger charge is -1.96. The minimum absolute atomic E-state index is 0.0478. The molecule has 1 N–H and O–H groups in total. The first kappa shape index (κ1) is 10.5. The van der Waals surface area contributed by atoms with Crippen molar-refractivity contribution in [1.82, 2.24) is 10.2 Å². The summed E-state index contributed by atoms with van der Waals surface area (Å²) in [5.41, 5.74) is 0.797. The first-order valence-corrected chi connectivity index (χ1v) is 4.84. The van der Waals surface area contributed by atoms with Crippen LogP contribution in [0.4, 0.5) is 5.69 Å². The first-order valence-electron chi connectivity index (χ1n) is 4.43. The number of rotatable bonds is 3. The summed E-state index contributed by atoms with van der Waals surface area (Å²) in [4.78, 5) is 10.3. The molecule has 0 aliphatic carbocycles. The van der Waals surface area contributed by atoms with Gasteiger partial charge in [-0.2, -0.15) is 0 Å². The number of H-pyrrole nitrogens is 1. The van der Waals surface area contributed by atoms with Crippen LogP contribution in [0.5, 0.6) is 0 Å². The molecule has 0 radical (unpaired) electrons. The Bertz CT molecular complexity index is 575. The molecular weight excluding hydrogens is 230 g/mol. The Kier molecular flexibility index (Phi) is 2.78. The van der Waals surface area contributed by atoms with Crippen molar-refractivity contribution in [3.05, 3.63) is 50.7 Å². The second-order valence-electron chi connectivity index (χ2n) is 3.11. The van der Waals surface area contributed by atoms with Gasteiger partial charge in [-0.1, -0.05) is 12.1 Å². The Morgan fingerprint density at radius 3 is 3.00 bits per heavy atom.